The van der Waals surface area contributed by atoms with E-state index in [-0.39, 0.29) is 11.1 Å². The van der Waals surface area contributed by atoms with Crippen LogP contribution in [0.1, 0.15) is 11.6 Å². The summed E-state index contributed by atoms with van der Waals surface area (Å²) in [5.74, 6) is -0.465. The van der Waals surface area contributed by atoms with Gasteiger partial charge in [-0.2, -0.15) is 0 Å². The van der Waals surface area contributed by atoms with Crippen LogP contribution in [-0.2, 0) is 0 Å². The zero-order valence-electron chi connectivity index (χ0n) is 13.3. The largest absolute Gasteiger partial charge is 0.361 e. The maximum atomic E-state index is 13.2. The summed E-state index contributed by atoms with van der Waals surface area (Å²) in [7, 11) is 3.96. The molecule has 0 aliphatic heterocycles. The molecule has 0 radical (unpaired) electrons. The predicted octanol–water partition coefficient (Wildman–Crippen LogP) is 4.72. The number of halogens is 3. The van der Waals surface area contributed by atoms with Crippen molar-refractivity contribution in [1.82, 2.24) is 10.2 Å². The summed E-state index contributed by atoms with van der Waals surface area (Å²) in [6.45, 7) is 0.567. The average Bonchev–Trinajstić information content (AvgIpc) is 2.52. The summed E-state index contributed by atoms with van der Waals surface area (Å²) >= 11 is 17.3. The van der Waals surface area contributed by atoms with E-state index in [9.17, 15) is 4.39 Å². The lowest BCUT2D eigenvalue weighted by atomic mass is 10.1. The van der Waals surface area contributed by atoms with E-state index in [1.807, 2.05) is 38.4 Å². The fourth-order valence-corrected chi connectivity index (χ4v) is 2.90. The Kier molecular flexibility index (Phi) is 6.80. The van der Waals surface area contributed by atoms with Gasteiger partial charge in [-0.05, 0) is 56.1 Å². The van der Waals surface area contributed by atoms with Gasteiger partial charge in [0.05, 0.1) is 11.1 Å². The smallest absolute Gasteiger partial charge is 0.170 e. The SMILES string of the molecule is CN(C)[C@H](CNC(=S)Nc1ccc(F)c(Cl)c1)c1ccccc1Cl. The first kappa shape index (κ1) is 18.9. The van der Waals surface area contributed by atoms with E-state index < -0.39 is 5.82 Å². The maximum Gasteiger partial charge on any atom is 0.170 e. The van der Waals surface area contributed by atoms with Crippen LogP contribution in [0.15, 0.2) is 42.5 Å². The molecular weight excluding hydrogens is 368 g/mol. The lowest BCUT2D eigenvalue weighted by Gasteiger charge is -2.26. The van der Waals surface area contributed by atoms with Crippen LogP contribution >= 0.6 is 35.4 Å². The molecule has 1 atom stereocenters. The highest BCUT2D eigenvalue weighted by molar-refractivity contribution is 7.80. The van der Waals surface area contributed by atoms with Crippen LogP contribution in [0.2, 0.25) is 10.0 Å². The minimum Gasteiger partial charge on any atom is -0.361 e. The van der Waals surface area contributed by atoms with Gasteiger partial charge in [-0.3, -0.25) is 0 Å². The average molecular weight is 386 g/mol. The van der Waals surface area contributed by atoms with Gasteiger partial charge in [-0.1, -0.05) is 41.4 Å². The van der Waals surface area contributed by atoms with Crippen LogP contribution < -0.4 is 10.6 Å². The Bertz CT molecular complexity index is 725. The van der Waals surface area contributed by atoms with Gasteiger partial charge in [0.15, 0.2) is 5.11 Å². The molecule has 0 aromatic heterocycles. The first-order chi connectivity index (χ1) is 11.4. The minimum atomic E-state index is -0.465. The summed E-state index contributed by atoms with van der Waals surface area (Å²) in [5, 5.41) is 7.33. The molecule has 0 heterocycles. The molecular formula is C17H18Cl2FN3S. The number of anilines is 1. The fraction of sp³-hybridized carbons (Fsp3) is 0.235. The monoisotopic (exact) mass is 385 g/mol. The molecule has 0 saturated carbocycles. The minimum absolute atomic E-state index is 0.0463. The summed E-state index contributed by atoms with van der Waals surface area (Å²) < 4.78 is 13.2. The first-order valence-corrected chi connectivity index (χ1v) is 8.45. The van der Waals surface area contributed by atoms with Crippen molar-refractivity contribution in [3.8, 4) is 0 Å². The van der Waals surface area contributed by atoms with E-state index in [1.54, 1.807) is 6.07 Å². The van der Waals surface area contributed by atoms with Crippen molar-refractivity contribution < 1.29 is 4.39 Å². The summed E-state index contributed by atoms with van der Waals surface area (Å²) in [6.07, 6.45) is 0. The summed E-state index contributed by atoms with van der Waals surface area (Å²) in [6, 6.07) is 12.1. The first-order valence-electron chi connectivity index (χ1n) is 7.29. The molecule has 24 heavy (non-hydrogen) atoms. The van der Waals surface area contributed by atoms with Crippen LogP contribution in [-0.4, -0.2) is 30.7 Å². The van der Waals surface area contributed by atoms with Crippen LogP contribution in [0.4, 0.5) is 10.1 Å². The molecule has 7 heteroatoms. The fourth-order valence-electron chi connectivity index (χ4n) is 2.25. The molecule has 0 spiro atoms. The van der Waals surface area contributed by atoms with Crippen molar-refractivity contribution >= 4 is 46.2 Å². The quantitative estimate of drug-likeness (QED) is 0.727. The third kappa shape index (κ3) is 5.05. The molecule has 0 fully saturated rings. The van der Waals surface area contributed by atoms with Crippen molar-refractivity contribution in [3.05, 3.63) is 63.9 Å². The molecule has 0 aliphatic rings. The number of nitrogens with one attached hydrogen (secondary N) is 2. The van der Waals surface area contributed by atoms with Crippen LogP contribution in [0.3, 0.4) is 0 Å². The Morgan fingerprint density at radius 1 is 1.17 bits per heavy atom. The molecule has 0 bridgehead atoms. The Morgan fingerprint density at radius 3 is 2.50 bits per heavy atom. The third-order valence-corrected chi connectivity index (χ3v) is 4.40. The highest BCUT2D eigenvalue weighted by atomic mass is 35.5. The molecule has 0 aliphatic carbocycles. The molecule has 0 saturated heterocycles. The van der Waals surface area contributed by atoms with E-state index in [0.29, 0.717) is 22.4 Å². The number of hydrogen-bond donors (Lipinski definition) is 2. The Labute approximate surface area is 156 Å². The molecule has 2 rings (SSSR count). The number of nitrogens with zero attached hydrogens (tertiary/aromatic N) is 1. The molecule has 3 nitrogen and oxygen atoms in total. The van der Waals surface area contributed by atoms with Crippen LogP contribution in [0.5, 0.6) is 0 Å². The van der Waals surface area contributed by atoms with Crippen molar-refractivity contribution in [2.24, 2.45) is 0 Å². The lowest BCUT2D eigenvalue weighted by molar-refractivity contribution is 0.299. The van der Waals surface area contributed by atoms with E-state index in [0.717, 1.165) is 5.56 Å². The van der Waals surface area contributed by atoms with Gasteiger partial charge in [0.2, 0.25) is 0 Å². The van der Waals surface area contributed by atoms with Crippen LogP contribution in [0, 0.1) is 5.82 Å². The van der Waals surface area contributed by atoms with Gasteiger partial charge in [0, 0.05) is 17.3 Å². The molecule has 2 N–H and O–H groups in total. The van der Waals surface area contributed by atoms with Gasteiger partial charge in [0.25, 0.3) is 0 Å². The van der Waals surface area contributed by atoms with Gasteiger partial charge in [0.1, 0.15) is 5.82 Å². The number of likely N-dealkylation sites (N-methyl/N-ethyl adjacent to an activating group) is 1. The van der Waals surface area contributed by atoms with Crippen molar-refractivity contribution in [1.29, 1.82) is 0 Å². The second-order valence-electron chi connectivity index (χ2n) is 5.46. The second kappa shape index (κ2) is 8.62. The maximum absolute atomic E-state index is 13.2. The van der Waals surface area contributed by atoms with Crippen molar-refractivity contribution in [2.75, 3.05) is 26.0 Å². The molecule has 2 aromatic carbocycles. The van der Waals surface area contributed by atoms with Gasteiger partial charge < -0.3 is 15.5 Å². The number of rotatable bonds is 5. The highest BCUT2D eigenvalue weighted by Crippen LogP contribution is 2.25. The number of thiocarbonyl (C=S) groups is 1. The Hall–Kier alpha value is -1.40. The predicted molar refractivity (Wildman–Crippen MR) is 104 cm³/mol. The van der Waals surface area contributed by atoms with Gasteiger partial charge in [-0.15, -0.1) is 0 Å². The molecule has 0 unspecified atom stereocenters. The molecule has 2 aromatic rings. The van der Waals surface area contributed by atoms with Crippen molar-refractivity contribution in [3.63, 3.8) is 0 Å². The topological polar surface area (TPSA) is 27.3 Å². The lowest BCUT2D eigenvalue weighted by Crippen LogP contribution is -2.36. The summed E-state index contributed by atoms with van der Waals surface area (Å²) in [4.78, 5) is 2.06. The molecule has 128 valence electrons. The normalized spacial score (nSPS) is 12.1. The summed E-state index contributed by atoms with van der Waals surface area (Å²) in [5.41, 5.74) is 1.64. The number of hydrogen-bond acceptors (Lipinski definition) is 2. The van der Waals surface area contributed by atoms with Crippen molar-refractivity contribution in [2.45, 2.75) is 6.04 Å². The Balaban J connectivity index is 2.00. The van der Waals surface area contributed by atoms with Gasteiger partial charge in [-0.25, -0.2) is 4.39 Å². The van der Waals surface area contributed by atoms with E-state index in [4.69, 9.17) is 35.4 Å². The second-order valence-corrected chi connectivity index (χ2v) is 6.69. The third-order valence-electron chi connectivity index (χ3n) is 3.52. The van der Waals surface area contributed by atoms with Gasteiger partial charge >= 0.3 is 0 Å². The molecule has 0 amide bonds. The van der Waals surface area contributed by atoms with E-state index in [2.05, 4.69) is 15.5 Å². The van der Waals surface area contributed by atoms with E-state index >= 15 is 0 Å². The zero-order chi connectivity index (χ0) is 17.7. The van der Waals surface area contributed by atoms with Crippen LogP contribution in [0.25, 0.3) is 0 Å². The number of benzene rings is 2. The zero-order valence-corrected chi connectivity index (χ0v) is 15.6. The Morgan fingerprint density at radius 2 is 1.88 bits per heavy atom. The van der Waals surface area contributed by atoms with E-state index in [1.165, 1.54) is 12.1 Å². The highest BCUT2D eigenvalue weighted by Gasteiger charge is 2.17. The standard InChI is InChI=1S/C17H18Cl2FN3S/c1-23(2)16(12-5-3-4-6-13(12)18)10-21-17(24)22-11-7-8-15(20)14(19)9-11/h3-9,16H,10H2,1-2H3,(H2,21,22,24)/t16-/m1/s1.